The van der Waals surface area contributed by atoms with E-state index in [1.807, 2.05) is 49.4 Å². The largest absolute Gasteiger partial charge is 0.321 e. The van der Waals surface area contributed by atoms with Gasteiger partial charge < -0.3 is 5.32 Å². The van der Waals surface area contributed by atoms with Crippen LogP contribution in [-0.4, -0.2) is 5.91 Å². The minimum atomic E-state index is -0.107. The zero-order chi connectivity index (χ0) is 13.0. The van der Waals surface area contributed by atoms with Gasteiger partial charge in [0, 0.05) is 16.8 Å². The molecule has 0 heterocycles. The lowest BCUT2D eigenvalue weighted by Crippen LogP contribution is -2.12. The summed E-state index contributed by atoms with van der Waals surface area (Å²) in [6.07, 6.45) is 0. The van der Waals surface area contributed by atoms with Gasteiger partial charge in [0.2, 0.25) is 0 Å². The van der Waals surface area contributed by atoms with Crippen molar-refractivity contribution in [2.75, 3.05) is 5.32 Å². The molecule has 0 saturated heterocycles. The van der Waals surface area contributed by atoms with E-state index in [0.29, 0.717) is 5.56 Å². The third-order valence-electron chi connectivity index (χ3n) is 2.67. The Hall–Kier alpha value is -2.35. The molecule has 0 saturated carbocycles. The minimum Gasteiger partial charge on any atom is -0.321 e. The van der Waals surface area contributed by atoms with Crippen LogP contribution < -0.4 is 5.32 Å². The molecule has 0 aliphatic carbocycles. The number of rotatable bonds is 3. The number of allylic oxidation sites excluding steroid dienone is 1. The van der Waals surface area contributed by atoms with E-state index in [1.165, 1.54) is 0 Å². The molecule has 0 radical (unpaired) electrons. The molecule has 0 aromatic heterocycles. The first-order valence-electron chi connectivity index (χ1n) is 5.80. The van der Waals surface area contributed by atoms with E-state index in [-0.39, 0.29) is 5.91 Å². The molecular weight excluding hydrogens is 222 g/mol. The summed E-state index contributed by atoms with van der Waals surface area (Å²) in [4.78, 5) is 12.0. The molecule has 1 amide bonds. The Bertz CT molecular complexity index is 573. The van der Waals surface area contributed by atoms with Gasteiger partial charge in [0.1, 0.15) is 0 Å². The highest BCUT2D eigenvalue weighted by Gasteiger charge is 2.08. The van der Waals surface area contributed by atoms with Crippen molar-refractivity contribution in [2.45, 2.75) is 6.92 Å². The van der Waals surface area contributed by atoms with Gasteiger partial charge in [-0.3, -0.25) is 4.79 Å². The lowest BCUT2D eigenvalue weighted by Gasteiger charge is -2.10. The Morgan fingerprint density at radius 1 is 1.00 bits per heavy atom. The number of hydrogen-bond acceptors (Lipinski definition) is 1. The van der Waals surface area contributed by atoms with Gasteiger partial charge in [0.25, 0.3) is 5.91 Å². The van der Waals surface area contributed by atoms with Gasteiger partial charge in [-0.05, 0) is 30.7 Å². The number of amides is 1. The maximum Gasteiger partial charge on any atom is 0.255 e. The summed E-state index contributed by atoms with van der Waals surface area (Å²) in [5.41, 5.74) is 3.33. The highest BCUT2D eigenvalue weighted by atomic mass is 16.1. The van der Waals surface area contributed by atoms with Crippen molar-refractivity contribution in [3.05, 3.63) is 72.3 Å². The molecule has 2 aromatic rings. The number of carbonyl (C=O) groups is 1. The van der Waals surface area contributed by atoms with Crippen LogP contribution in [0, 0.1) is 0 Å². The second-order valence-corrected chi connectivity index (χ2v) is 4.15. The van der Waals surface area contributed by atoms with Crippen molar-refractivity contribution in [2.24, 2.45) is 0 Å². The molecule has 18 heavy (non-hydrogen) atoms. The van der Waals surface area contributed by atoms with Crippen molar-refractivity contribution in [3.8, 4) is 0 Å². The lowest BCUT2D eigenvalue weighted by molar-refractivity contribution is 0.102. The Labute approximate surface area is 107 Å². The molecular formula is C16H15NO. The lowest BCUT2D eigenvalue weighted by atomic mass is 10.1. The zero-order valence-corrected chi connectivity index (χ0v) is 10.3. The summed E-state index contributed by atoms with van der Waals surface area (Å²) < 4.78 is 0. The summed E-state index contributed by atoms with van der Waals surface area (Å²) >= 11 is 0. The number of carbonyl (C=O) groups excluding carboxylic acids is 1. The highest BCUT2D eigenvalue weighted by Crippen LogP contribution is 2.22. The van der Waals surface area contributed by atoms with Gasteiger partial charge in [-0.1, -0.05) is 43.0 Å². The normalized spacial score (nSPS) is 9.83. The first-order chi connectivity index (χ1) is 8.68. The number of hydrogen-bond donors (Lipinski definition) is 1. The van der Waals surface area contributed by atoms with Crippen LogP contribution in [-0.2, 0) is 0 Å². The van der Waals surface area contributed by atoms with Gasteiger partial charge in [-0.25, -0.2) is 0 Å². The Balaban J connectivity index is 2.25. The van der Waals surface area contributed by atoms with Gasteiger partial charge in [0.15, 0.2) is 0 Å². The van der Waals surface area contributed by atoms with Crippen molar-refractivity contribution >= 4 is 17.2 Å². The van der Waals surface area contributed by atoms with E-state index in [9.17, 15) is 4.79 Å². The number of nitrogens with one attached hydrogen (secondary N) is 1. The van der Waals surface area contributed by atoms with Gasteiger partial charge in [-0.15, -0.1) is 0 Å². The summed E-state index contributed by atoms with van der Waals surface area (Å²) in [5, 5.41) is 2.91. The fraction of sp³-hybridized carbons (Fsp3) is 0.0625. The maximum absolute atomic E-state index is 12.0. The maximum atomic E-state index is 12.0. The quantitative estimate of drug-likeness (QED) is 0.859. The Kier molecular flexibility index (Phi) is 3.58. The van der Waals surface area contributed by atoms with E-state index in [0.717, 1.165) is 16.8 Å². The number of benzene rings is 2. The first kappa shape index (κ1) is 12.1. The van der Waals surface area contributed by atoms with E-state index < -0.39 is 0 Å². The molecule has 0 unspecified atom stereocenters. The topological polar surface area (TPSA) is 29.1 Å². The fourth-order valence-corrected chi connectivity index (χ4v) is 1.75. The summed E-state index contributed by atoms with van der Waals surface area (Å²) in [6.45, 7) is 5.84. The second kappa shape index (κ2) is 5.32. The molecule has 2 heteroatoms. The van der Waals surface area contributed by atoms with Crippen molar-refractivity contribution in [1.82, 2.24) is 0 Å². The summed E-state index contributed by atoms with van der Waals surface area (Å²) in [5.74, 6) is -0.107. The van der Waals surface area contributed by atoms with Crippen LogP contribution in [0.15, 0.2) is 61.2 Å². The van der Waals surface area contributed by atoms with Gasteiger partial charge in [0.05, 0.1) is 0 Å². The molecule has 1 N–H and O–H groups in total. The molecule has 2 aromatic carbocycles. The van der Waals surface area contributed by atoms with Crippen LogP contribution in [0.2, 0.25) is 0 Å². The fourth-order valence-electron chi connectivity index (χ4n) is 1.75. The first-order valence-corrected chi connectivity index (χ1v) is 5.80. The SMILES string of the molecule is C=C(C)c1ccccc1NC(=O)c1ccccc1. The predicted octanol–water partition coefficient (Wildman–Crippen LogP) is 3.97. The van der Waals surface area contributed by atoms with E-state index in [4.69, 9.17) is 0 Å². The second-order valence-electron chi connectivity index (χ2n) is 4.15. The third kappa shape index (κ3) is 2.66. The monoisotopic (exact) mass is 237 g/mol. The van der Waals surface area contributed by atoms with Gasteiger partial charge in [-0.2, -0.15) is 0 Å². The van der Waals surface area contributed by atoms with Crippen LogP contribution in [0.3, 0.4) is 0 Å². The van der Waals surface area contributed by atoms with E-state index in [2.05, 4.69) is 11.9 Å². The molecule has 0 atom stereocenters. The molecule has 0 spiro atoms. The van der Waals surface area contributed by atoms with Crippen LogP contribution in [0.5, 0.6) is 0 Å². The molecule has 90 valence electrons. The van der Waals surface area contributed by atoms with Crippen molar-refractivity contribution in [1.29, 1.82) is 0 Å². The molecule has 2 rings (SSSR count). The van der Waals surface area contributed by atoms with Crippen LogP contribution in [0.1, 0.15) is 22.8 Å². The number of para-hydroxylation sites is 1. The minimum absolute atomic E-state index is 0.107. The summed E-state index contributed by atoms with van der Waals surface area (Å²) in [7, 11) is 0. The average molecular weight is 237 g/mol. The molecule has 2 nitrogen and oxygen atoms in total. The van der Waals surface area contributed by atoms with E-state index >= 15 is 0 Å². The molecule has 0 aliphatic heterocycles. The molecule has 0 bridgehead atoms. The Morgan fingerprint density at radius 3 is 2.28 bits per heavy atom. The standard InChI is InChI=1S/C16H15NO/c1-12(2)14-10-6-7-11-15(14)17-16(18)13-8-4-3-5-9-13/h3-11H,1H2,2H3,(H,17,18). The number of anilines is 1. The van der Waals surface area contributed by atoms with Crippen LogP contribution in [0.25, 0.3) is 5.57 Å². The molecule has 0 fully saturated rings. The third-order valence-corrected chi connectivity index (χ3v) is 2.67. The van der Waals surface area contributed by atoms with Crippen molar-refractivity contribution < 1.29 is 4.79 Å². The zero-order valence-electron chi connectivity index (χ0n) is 10.3. The van der Waals surface area contributed by atoms with Crippen LogP contribution in [0.4, 0.5) is 5.69 Å². The van der Waals surface area contributed by atoms with Gasteiger partial charge >= 0.3 is 0 Å². The smallest absolute Gasteiger partial charge is 0.255 e. The predicted molar refractivity (Wildman–Crippen MR) is 75.5 cm³/mol. The Morgan fingerprint density at radius 2 is 1.61 bits per heavy atom. The van der Waals surface area contributed by atoms with Crippen LogP contribution >= 0.6 is 0 Å². The van der Waals surface area contributed by atoms with E-state index in [1.54, 1.807) is 12.1 Å². The average Bonchev–Trinajstić information content (AvgIpc) is 2.40. The summed E-state index contributed by atoms with van der Waals surface area (Å²) in [6, 6.07) is 16.8. The molecule has 0 aliphatic rings. The highest BCUT2D eigenvalue weighted by molar-refractivity contribution is 6.05. The van der Waals surface area contributed by atoms with Crippen molar-refractivity contribution in [3.63, 3.8) is 0 Å².